The Bertz CT molecular complexity index is 660. The van der Waals surface area contributed by atoms with E-state index in [1.807, 2.05) is 0 Å². The van der Waals surface area contributed by atoms with Gasteiger partial charge in [-0.15, -0.1) is 11.3 Å². The smallest absolute Gasteiger partial charge is 0.150 e. The molecule has 0 radical (unpaired) electrons. The van der Waals surface area contributed by atoms with E-state index in [1.165, 1.54) is 22.0 Å². The highest BCUT2D eigenvalue weighted by molar-refractivity contribution is 7.26. The summed E-state index contributed by atoms with van der Waals surface area (Å²) < 4.78 is 2.18. The number of aryl methyl sites for hydroxylation is 1. The maximum Gasteiger partial charge on any atom is 0.150 e. The maximum absolute atomic E-state index is 6.03. The van der Waals surface area contributed by atoms with Gasteiger partial charge >= 0.3 is 0 Å². The van der Waals surface area contributed by atoms with Gasteiger partial charge in [-0.1, -0.05) is 23.2 Å². The Morgan fingerprint density at radius 2 is 2.13 bits per heavy atom. The molecule has 0 spiro atoms. The molecular formula is C11H7ClN2S. The van der Waals surface area contributed by atoms with Crippen LogP contribution in [0.5, 0.6) is 0 Å². The zero-order valence-corrected chi connectivity index (χ0v) is 9.56. The first-order valence-electron chi connectivity index (χ1n) is 4.55. The van der Waals surface area contributed by atoms with Crippen LogP contribution in [0.4, 0.5) is 0 Å². The van der Waals surface area contributed by atoms with Crippen molar-refractivity contribution >= 4 is 43.2 Å². The average molecular weight is 235 g/mol. The minimum atomic E-state index is 0.541. The van der Waals surface area contributed by atoms with Crippen molar-refractivity contribution in [2.24, 2.45) is 0 Å². The van der Waals surface area contributed by atoms with Gasteiger partial charge in [0, 0.05) is 10.1 Å². The van der Waals surface area contributed by atoms with Crippen LogP contribution >= 0.6 is 22.9 Å². The minimum absolute atomic E-state index is 0.541. The molecule has 0 fully saturated rings. The fourth-order valence-electron chi connectivity index (χ4n) is 1.66. The molecule has 74 valence electrons. The molecule has 0 amide bonds. The standard InChI is InChI=1S/C11H7ClN2S/c1-6-2-3-8-7(4-6)9-10(15-8)11(12)14-5-13-9/h2-5H,1H3. The van der Waals surface area contributed by atoms with Crippen molar-refractivity contribution < 1.29 is 0 Å². The van der Waals surface area contributed by atoms with Crippen molar-refractivity contribution in [3.8, 4) is 0 Å². The molecule has 0 atom stereocenters. The molecular weight excluding hydrogens is 228 g/mol. The van der Waals surface area contributed by atoms with Crippen LogP contribution in [-0.4, -0.2) is 9.97 Å². The lowest BCUT2D eigenvalue weighted by Crippen LogP contribution is -1.78. The number of hydrogen-bond acceptors (Lipinski definition) is 3. The summed E-state index contributed by atoms with van der Waals surface area (Å²) in [5.74, 6) is 0. The minimum Gasteiger partial charge on any atom is -0.235 e. The zero-order chi connectivity index (χ0) is 10.4. The zero-order valence-electron chi connectivity index (χ0n) is 7.99. The summed E-state index contributed by atoms with van der Waals surface area (Å²) in [6.07, 6.45) is 1.51. The molecule has 4 heteroatoms. The highest BCUT2D eigenvalue weighted by Gasteiger charge is 2.09. The molecule has 2 aromatic heterocycles. The Labute approximate surface area is 95.5 Å². The lowest BCUT2D eigenvalue weighted by atomic mass is 10.2. The lowest BCUT2D eigenvalue weighted by molar-refractivity contribution is 1.23. The highest BCUT2D eigenvalue weighted by Crippen LogP contribution is 2.35. The fraction of sp³-hybridized carbons (Fsp3) is 0.0909. The predicted molar refractivity (Wildman–Crippen MR) is 64.7 cm³/mol. The molecule has 3 rings (SSSR count). The van der Waals surface area contributed by atoms with Crippen molar-refractivity contribution in [1.82, 2.24) is 9.97 Å². The van der Waals surface area contributed by atoms with E-state index in [1.54, 1.807) is 11.3 Å². The average Bonchev–Trinajstić information content (AvgIpc) is 2.58. The maximum atomic E-state index is 6.03. The monoisotopic (exact) mass is 234 g/mol. The van der Waals surface area contributed by atoms with Gasteiger partial charge in [0.2, 0.25) is 0 Å². The molecule has 1 aromatic carbocycles. The molecule has 0 aliphatic heterocycles. The van der Waals surface area contributed by atoms with E-state index in [0.717, 1.165) is 10.2 Å². The van der Waals surface area contributed by atoms with Gasteiger partial charge in [0.05, 0.1) is 10.2 Å². The summed E-state index contributed by atoms with van der Waals surface area (Å²) in [5, 5.41) is 1.71. The first kappa shape index (κ1) is 9.07. The third kappa shape index (κ3) is 1.31. The first-order valence-corrected chi connectivity index (χ1v) is 5.74. The topological polar surface area (TPSA) is 25.8 Å². The van der Waals surface area contributed by atoms with Gasteiger partial charge in [0.15, 0.2) is 0 Å². The molecule has 0 aliphatic rings. The van der Waals surface area contributed by atoms with E-state index in [4.69, 9.17) is 11.6 Å². The van der Waals surface area contributed by atoms with E-state index < -0.39 is 0 Å². The highest BCUT2D eigenvalue weighted by atomic mass is 35.5. The molecule has 3 aromatic rings. The van der Waals surface area contributed by atoms with Gasteiger partial charge in [-0.25, -0.2) is 9.97 Å². The van der Waals surface area contributed by atoms with Crippen LogP contribution < -0.4 is 0 Å². The number of benzene rings is 1. The van der Waals surface area contributed by atoms with Crippen molar-refractivity contribution in [3.63, 3.8) is 0 Å². The van der Waals surface area contributed by atoms with E-state index in [9.17, 15) is 0 Å². The number of nitrogens with zero attached hydrogens (tertiary/aromatic N) is 2. The quantitative estimate of drug-likeness (QED) is 0.553. The molecule has 0 saturated heterocycles. The second-order valence-electron chi connectivity index (χ2n) is 3.44. The van der Waals surface area contributed by atoms with Crippen LogP contribution in [0.15, 0.2) is 24.5 Å². The van der Waals surface area contributed by atoms with Crippen LogP contribution in [0.1, 0.15) is 5.56 Å². The number of hydrogen-bond donors (Lipinski definition) is 0. The molecule has 0 N–H and O–H groups in total. The Morgan fingerprint density at radius 1 is 1.27 bits per heavy atom. The number of thiophene rings is 1. The van der Waals surface area contributed by atoms with Gasteiger partial charge in [-0.2, -0.15) is 0 Å². The van der Waals surface area contributed by atoms with Gasteiger partial charge in [-0.05, 0) is 19.1 Å². The van der Waals surface area contributed by atoms with Crippen molar-refractivity contribution in [2.75, 3.05) is 0 Å². The van der Waals surface area contributed by atoms with Crippen molar-refractivity contribution in [2.45, 2.75) is 6.92 Å². The number of halogens is 1. The molecule has 0 saturated carbocycles. The van der Waals surface area contributed by atoms with Gasteiger partial charge in [0.25, 0.3) is 0 Å². The Kier molecular flexibility index (Phi) is 1.90. The van der Waals surface area contributed by atoms with Gasteiger partial charge < -0.3 is 0 Å². The predicted octanol–water partition coefficient (Wildman–Crippen LogP) is 3.81. The van der Waals surface area contributed by atoms with E-state index in [2.05, 4.69) is 35.1 Å². The Balaban J connectivity index is 2.58. The third-order valence-corrected chi connectivity index (χ3v) is 3.93. The number of rotatable bonds is 0. The second kappa shape index (κ2) is 3.15. The fourth-order valence-corrected chi connectivity index (χ4v) is 2.93. The summed E-state index contributed by atoms with van der Waals surface area (Å²) in [6, 6.07) is 6.34. The van der Waals surface area contributed by atoms with E-state index in [0.29, 0.717) is 5.15 Å². The molecule has 0 unspecified atom stereocenters. The lowest BCUT2D eigenvalue weighted by Gasteiger charge is -1.93. The van der Waals surface area contributed by atoms with Gasteiger partial charge in [0.1, 0.15) is 11.5 Å². The first-order chi connectivity index (χ1) is 7.25. The SMILES string of the molecule is Cc1ccc2sc3c(Cl)ncnc3c2c1. The van der Waals surface area contributed by atoms with Crippen LogP contribution in [0.2, 0.25) is 5.15 Å². The van der Waals surface area contributed by atoms with Crippen molar-refractivity contribution in [1.29, 1.82) is 0 Å². The molecule has 15 heavy (non-hydrogen) atoms. The van der Waals surface area contributed by atoms with E-state index >= 15 is 0 Å². The Morgan fingerprint density at radius 3 is 3.00 bits per heavy atom. The van der Waals surface area contributed by atoms with E-state index in [-0.39, 0.29) is 0 Å². The normalized spacial score (nSPS) is 11.3. The largest absolute Gasteiger partial charge is 0.235 e. The van der Waals surface area contributed by atoms with Crippen molar-refractivity contribution in [3.05, 3.63) is 35.2 Å². The second-order valence-corrected chi connectivity index (χ2v) is 4.85. The third-order valence-electron chi connectivity index (χ3n) is 2.36. The molecule has 2 nitrogen and oxygen atoms in total. The molecule has 0 bridgehead atoms. The summed E-state index contributed by atoms with van der Waals surface area (Å²) in [6.45, 7) is 2.08. The van der Waals surface area contributed by atoms with Crippen LogP contribution in [-0.2, 0) is 0 Å². The number of fused-ring (bicyclic) bond motifs is 3. The van der Waals surface area contributed by atoms with Crippen LogP contribution in [0, 0.1) is 6.92 Å². The number of aromatic nitrogens is 2. The summed E-state index contributed by atoms with van der Waals surface area (Å²) in [5.41, 5.74) is 2.19. The Hall–Kier alpha value is -1.19. The summed E-state index contributed by atoms with van der Waals surface area (Å²) in [7, 11) is 0. The van der Waals surface area contributed by atoms with Crippen LogP contribution in [0.3, 0.4) is 0 Å². The summed E-state index contributed by atoms with van der Waals surface area (Å²) >= 11 is 7.67. The van der Waals surface area contributed by atoms with Gasteiger partial charge in [-0.3, -0.25) is 0 Å². The molecule has 2 heterocycles. The summed E-state index contributed by atoms with van der Waals surface area (Å²) in [4.78, 5) is 8.28. The van der Waals surface area contributed by atoms with Crippen LogP contribution in [0.25, 0.3) is 20.3 Å². The molecule has 0 aliphatic carbocycles.